The summed E-state index contributed by atoms with van der Waals surface area (Å²) in [5.41, 5.74) is 7.65. The fraction of sp³-hybridized carbons (Fsp3) is 0.167. The number of imidazole rings is 1. The molecule has 0 saturated heterocycles. The smallest absolute Gasteiger partial charge is 0.114 e. The average molecular weight is 212 g/mol. The maximum absolute atomic E-state index is 8.66. The second kappa shape index (κ2) is 4.49. The molecule has 0 spiro atoms. The molecular formula is C12H12N4. The van der Waals surface area contributed by atoms with Crippen molar-refractivity contribution in [3.8, 4) is 6.07 Å². The fourth-order valence-electron chi connectivity index (χ4n) is 1.59. The van der Waals surface area contributed by atoms with E-state index in [1.54, 1.807) is 12.4 Å². The van der Waals surface area contributed by atoms with Crippen molar-refractivity contribution in [2.45, 2.75) is 13.0 Å². The summed E-state index contributed by atoms with van der Waals surface area (Å²) in [7, 11) is 0. The number of anilines is 1. The van der Waals surface area contributed by atoms with Crippen LogP contribution in [-0.4, -0.2) is 9.55 Å². The largest absolute Gasteiger partial charge is 0.398 e. The summed E-state index contributed by atoms with van der Waals surface area (Å²) in [6.07, 6.45) is 4.16. The van der Waals surface area contributed by atoms with Crippen LogP contribution in [-0.2, 0) is 13.0 Å². The molecule has 0 radical (unpaired) electrons. The van der Waals surface area contributed by atoms with Crippen molar-refractivity contribution in [2.75, 3.05) is 5.73 Å². The second-order valence-electron chi connectivity index (χ2n) is 3.51. The van der Waals surface area contributed by atoms with E-state index in [9.17, 15) is 0 Å². The Kier molecular flexibility index (Phi) is 2.88. The van der Waals surface area contributed by atoms with Crippen molar-refractivity contribution >= 4 is 5.69 Å². The van der Waals surface area contributed by atoms with Gasteiger partial charge in [0.2, 0.25) is 0 Å². The standard InChI is InChI=1S/C12H12N4/c13-5-7-16-8-6-15-12(16)9-10-3-1-2-4-11(10)14/h1-4,6,8H,7,9,14H2. The highest BCUT2D eigenvalue weighted by Gasteiger charge is 2.05. The van der Waals surface area contributed by atoms with E-state index >= 15 is 0 Å². The summed E-state index contributed by atoms with van der Waals surface area (Å²) in [6.45, 7) is 0.321. The summed E-state index contributed by atoms with van der Waals surface area (Å²) in [5, 5.41) is 8.66. The number of nitrogens with two attached hydrogens (primary N) is 1. The molecule has 1 heterocycles. The van der Waals surface area contributed by atoms with E-state index in [0.29, 0.717) is 13.0 Å². The van der Waals surface area contributed by atoms with Gasteiger partial charge in [0.1, 0.15) is 12.4 Å². The Labute approximate surface area is 94.0 Å². The lowest BCUT2D eigenvalue weighted by molar-refractivity contribution is 0.765. The third-order valence-electron chi connectivity index (χ3n) is 2.45. The van der Waals surface area contributed by atoms with Gasteiger partial charge in [-0.1, -0.05) is 18.2 Å². The highest BCUT2D eigenvalue weighted by molar-refractivity contribution is 5.47. The molecule has 2 aromatic rings. The molecule has 0 atom stereocenters. The Hall–Kier alpha value is -2.28. The first-order chi connectivity index (χ1) is 7.81. The predicted molar refractivity (Wildman–Crippen MR) is 61.5 cm³/mol. The van der Waals surface area contributed by atoms with Crippen molar-refractivity contribution < 1.29 is 0 Å². The van der Waals surface area contributed by atoms with Crippen molar-refractivity contribution in [1.82, 2.24) is 9.55 Å². The minimum absolute atomic E-state index is 0.321. The van der Waals surface area contributed by atoms with Crippen LogP contribution in [0.5, 0.6) is 0 Å². The molecule has 2 N–H and O–H groups in total. The Morgan fingerprint density at radius 3 is 2.94 bits per heavy atom. The number of hydrogen-bond acceptors (Lipinski definition) is 3. The van der Waals surface area contributed by atoms with Gasteiger partial charge in [0.15, 0.2) is 0 Å². The molecule has 0 aliphatic carbocycles. The van der Waals surface area contributed by atoms with Crippen LogP contribution in [0.4, 0.5) is 5.69 Å². The number of hydrogen-bond donors (Lipinski definition) is 1. The highest BCUT2D eigenvalue weighted by atomic mass is 15.1. The molecule has 0 amide bonds. The number of rotatable bonds is 3. The monoisotopic (exact) mass is 212 g/mol. The SMILES string of the molecule is N#CCn1ccnc1Cc1ccccc1N. The van der Waals surface area contributed by atoms with E-state index < -0.39 is 0 Å². The zero-order chi connectivity index (χ0) is 11.4. The van der Waals surface area contributed by atoms with Gasteiger partial charge in [-0.25, -0.2) is 4.98 Å². The zero-order valence-electron chi connectivity index (χ0n) is 8.80. The van der Waals surface area contributed by atoms with Gasteiger partial charge in [-0.2, -0.15) is 5.26 Å². The van der Waals surface area contributed by atoms with Crippen LogP contribution in [0, 0.1) is 11.3 Å². The van der Waals surface area contributed by atoms with E-state index in [1.165, 1.54) is 0 Å². The number of nitriles is 1. The van der Waals surface area contributed by atoms with E-state index in [1.807, 2.05) is 28.8 Å². The average Bonchev–Trinajstić information content (AvgIpc) is 2.70. The number of nitrogens with zero attached hydrogens (tertiary/aromatic N) is 3. The molecule has 0 saturated carbocycles. The van der Waals surface area contributed by atoms with Gasteiger partial charge >= 0.3 is 0 Å². The molecule has 4 nitrogen and oxygen atoms in total. The predicted octanol–water partition coefficient (Wildman–Crippen LogP) is 1.58. The summed E-state index contributed by atoms with van der Waals surface area (Å²) >= 11 is 0. The van der Waals surface area contributed by atoms with Crippen LogP contribution in [0.3, 0.4) is 0 Å². The summed E-state index contributed by atoms with van der Waals surface area (Å²) in [6, 6.07) is 9.79. The Bertz CT molecular complexity index is 522. The number of para-hydroxylation sites is 1. The van der Waals surface area contributed by atoms with E-state index in [0.717, 1.165) is 17.1 Å². The van der Waals surface area contributed by atoms with Gasteiger partial charge in [0, 0.05) is 24.5 Å². The third kappa shape index (κ3) is 2.04. The van der Waals surface area contributed by atoms with Crippen LogP contribution in [0.1, 0.15) is 11.4 Å². The molecule has 80 valence electrons. The van der Waals surface area contributed by atoms with E-state index in [4.69, 9.17) is 11.0 Å². The summed E-state index contributed by atoms with van der Waals surface area (Å²) < 4.78 is 1.83. The third-order valence-corrected chi connectivity index (χ3v) is 2.45. The molecule has 0 fully saturated rings. The lowest BCUT2D eigenvalue weighted by atomic mass is 10.1. The summed E-state index contributed by atoms with van der Waals surface area (Å²) in [5.74, 6) is 0.861. The molecule has 0 aliphatic heterocycles. The minimum atomic E-state index is 0.321. The van der Waals surface area contributed by atoms with Gasteiger partial charge < -0.3 is 10.3 Å². The van der Waals surface area contributed by atoms with Crippen molar-refractivity contribution in [2.24, 2.45) is 0 Å². The number of nitrogen functional groups attached to an aromatic ring is 1. The van der Waals surface area contributed by atoms with Gasteiger partial charge in [0.25, 0.3) is 0 Å². The first-order valence-corrected chi connectivity index (χ1v) is 5.01. The van der Waals surface area contributed by atoms with Crippen LogP contribution in [0.15, 0.2) is 36.7 Å². The van der Waals surface area contributed by atoms with Crippen molar-refractivity contribution in [3.05, 3.63) is 48.0 Å². The molecule has 1 aromatic carbocycles. The maximum atomic E-state index is 8.66. The Morgan fingerprint density at radius 2 is 2.19 bits per heavy atom. The van der Waals surface area contributed by atoms with E-state index in [-0.39, 0.29) is 0 Å². The number of benzene rings is 1. The van der Waals surface area contributed by atoms with Gasteiger partial charge in [-0.05, 0) is 11.6 Å². The molecule has 4 heteroatoms. The maximum Gasteiger partial charge on any atom is 0.114 e. The molecule has 0 bridgehead atoms. The van der Waals surface area contributed by atoms with Gasteiger partial charge in [-0.15, -0.1) is 0 Å². The minimum Gasteiger partial charge on any atom is -0.398 e. The first-order valence-electron chi connectivity index (χ1n) is 5.01. The first kappa shape index (κ1) is 10.2. The Morgan fingerprint density at radius 1 is 1.38 bits per heavy atom. The lowest BCUT2D eigenvalue weighted by Gasteiger charge is -2.06. The second-order valence-corrected chi connectivity index (χ2v) is 3.51. The highest BCUT2D eigenvalue weighted by Crippen LogP contribution is 2.14. The molecular weight excluding hydrogens is 200 g/mol. The Balaban J connectivity index is 2.24. The fourth-order valence-corrected chi connectivity index (χ4v) is 1.59. The van der Waals surface area contributed by atoms with Crippen LogP contribution in [0.2, 0.25) is 0 Å². The molecule has 0 unspecified atom stereocenters. The van der Waals surface area contributed by atoms with Gasteiger partial charge in [0.05, 0.1) is 6.07 Å². The van der Waals surface area contributed by atoms with Crippen LogP contribution in [0.25, 0.3) is 0 Å². The topological polar surface area (TPSA) is 67.6 Å². The van der Waals surface area contributed by atoms with Crippen molar-refractivity contribution in [3.63, 3.8) is 0 Å². The van der Waals surface area contributed by atoms with Crippen molar-refractivity contribution in [1.29, 1.82) is 5.26 Å². The normalized spacial score (nSPS) is 9.94. The van der Waals surface area contributed by atoms with Crippen LogP contribution < -0.4 is 5.73 Å². The van der Waals surface area contributed by atoms with E-state index in [2.05, 4.69) is 11.1 Å². The number of aromatic nitrogens is 2. The lowest BCUT2D eigenvalue weighted by Crippen LogP contribution is -2.04. The quantitative estimate of drug-likeness (QED) is 0.785. The van der Waals surface area contributed by atoms with Crippen LogP contribution >= 0.6 is 0 Å². The molecule has 1 aromatic heterocycles. The van der Waals surface area contributed by atoms with Gasteiger partial charge in [-0.3, -0.25) is 0 Å². The zero-order valence-corrected chi connectivity index (χ0v) is 8.80. The summed E-state index contributed by atoms with van der Waals surface area (Å²) in [4.78, 5) is 4.23. The molecule has 0 aliphatic rings. The molecule has 2 rings (SSSR count). The molecule has 16 heavy (non-hydrogen) atoms.